The Morgan fingerprint density at radius 1 is 1.20 bits per heavy atom. The van der Waals surface area contributed by atoms with E-state index in [1.54, 1.807) is 43.3 Å². The zero-order chi connectivity index (χ0) is 29.0. The van der Waals surface area contributed by atoms with E-state index in [0.29, 0.717) is 24.1 Å². The summed E-state index contributed by atoms with van der Waals surface area (Å²) in [7, 11) is -2.13. The molecule has 0 aromatic heterocycles. The number of nitrogens with one attached hydrogen (secondary N) is 2. The molecule has 0 unspecified atom stereocenters. The van der Waals surface area contributed by atoms with E-state index in [0.717, 1.165) is 29.7 Å². The molecule has 0 spiro atoms. The number of amidine groups is 1. The molecule has 10 nitrogen and oxygen atoms in total. The number of sulfonamides is 1. The smallest absolute Gasteiger partial charge is 0.329 e. The molecule has 2 atom stereocenters. The zero-order valence-electron chi connectivity index (χ0n) is 23.1. The van der Waals surface area contributed by atoms with Crippen LogP contribution in [0.1, 0.15) is 42.5 Å². The number of rotatable bonds is 9. The van der Waals surface area contributed by atoms with Gasteiger partial charge < -0.3 is 20.3 Å². The van der Waals surface area contributed by atoms with Crippen molar-refractivity contribution in [2.24, 2.45) is 5.73 Å². The molecular weight excluding hydrogens is 530 g/mol. The second kappa shape index (κ2) is 12.3. The average Bonchev–Trinajstić information content (AvgIpc) is 2.92. The van der Waals surface area contributed by atoms with Gasteiger partial charge in [0.2, 0.25) is 15.9 Å². The summed E-state index contributed by atoms with van der Waals surface area (Å²) < 4.78 is 35.2. The standard InChI is InChI=1S/C29H37N5O5S/c1-4-39-29(36)26-14-19(2)10-13-34(26)28(35)25(16-20-6-5-7-22(15-20)27(30)31)32-40(37,38)24-9-8-21-11-12-33(3)18-23(21)17-24/h5-10,15,17,25-26,32H,4,11-14,16,18H2,1-3H3,(H3,30,31)/t25-,26-/m0/s1. The molecule has 2 aromatic carbocycles. The van der Waals surface area contributed by atoms with E-state index in [9.17, 15) is 18.0 Å². The van der Waals surface area contributed by atoms with Crippen LogP contribution in [0.4, 0.5) is 0 Å². The zero-order valence-corrected chi connectivity index (χ0v) is 24.0. The first kappa shape index (κ1) is 29.4. The molecule has 2 aliphatic rings. The van der Waals surface area contributed by atoms with Crippen molar-refractivity contribution < 1.29 is 22.7 Å². The maximum atomic E-state index is 14.0. The summed E-state index contributed by atoms with van der Waals surface area (Å²) >= 11 is 0. The number of nitrogens with two attached hydrogens (primary N) is 1. The van der Waals surface area contributed by atoms with Gasteiger partial charge >= 0.3 is 5.97 Å². The third-order valence-electron chi connectivity index (χ3n) is 7.33. The fraction of sp³-hybridized carbons (Fsp3) is 0.414. The molecule has 0 fully saturated rings. The summed E-state index contributed by atoms with van der Waals surface area (Å²) in [5.74, 6) is -1.19. The van der Waals surface area contributed by atoms with Gasteiger partial charge in [-0.25, -0.2) is 13.2 Å². The fourth-order valence-corrected chi connectivity index (χ4v) is 6.39. The minimum atomic E-state index is -4.11. The molecule has 40 heavy (non-hydrogen) atoms. The maximum Gasteiger partial charge on any atom is 0.329 e. The van der Waals surface area contributed by atoms with Crippen LogP contribution in [0.2, 0.25) is 0 Å². The molecular formula is C29H37N5O5S. The molecule has 2 heterocycles. The van der Waals surface area contributed by atoms with Gasteiger partial charge in [-0.3, -0.25) is 10.2 Å². The monoisotopic (exact) mass is 567 g/mol. The second-order valence-corrected chi connectivity index (χ2v) is 12.1. The van der Waals surface area contributed by atoms with Crippen LogP contribution < -0.4 is 10.5 Å². The summed E-state index contributed by atoms with van der Waals surface area (Å²) in [4.78, 5) is 30.4. The highest BCUT2D eigenvalue weighted by Crippen LogP contribution is 2.24. The normalized spacial score (nSPS) is 18.4. The number of carbonyl (C=O) groups excluding carboxylic acids is 2. The predicted molar refractivity (Wildman–Crippen MR) is 152 cm³/mol. The molecule has 2 aliphatic heterocycles. The molecule has 0 radical (unpaired) electrons. The summed E-state index contributed by atoms with van der Waals surface area (Å²) in [5, 5.41) is 7.77. The van der Waals surface area contributed by atoms with E-state index >= 15 is 0 Å². The predicted octanol–water partition coefficient (Wildman–Crippen LogP) is 1.96. The Hall–Kier alpha value is -3.54. The lowest BCUT2D eigenvalue weighted by Gasteiger charge is -2.35. The lowest BCUT2D eigenvalue weighted by Crippen LogP contribution is -2.56. The summed E-state index contributed by atoms with van der Waals surface area (Å²) in [6.07, 6.45) is 3.00. The Bertz CT molecular complexity index is 1440. The summed E-state index contributed by atoms with van der Waals surface area (Å²) in [6, 6.07) is 9.79. The van der Waals surface area contributed by atoms with E-state index in [2.05, 4.69) is 9.62 Å². The third kappa shape index (κ3) is 6.78. The molecule has 0 bridgehead atoms. The van der Waals surface area contributed by atoms with Crippen molar-refractivity contribution >= 4 is 27.7 Å². The molecule has 1 amide bonds. The molecule has 0 saturated carbocycles. The molecule has 11 heteroatoms. The fourth-order valence-electron chi connectivity index (χ4n) is 5.15. The van der Waals surface area contributed by atoms with Gasteiger partial charge in [-0.2, -0.15) is 4.72 Å². The number of hydrogen-bond donors (Lipinski definition) is 3. The molecule has 2 aromatic rings. The Labute approximate surface area is 235 Å². The number of likely N-dealkylation sites (N-methyl/N-ethyl adjacent to an activating group) is 1. The van der Waals surface area contributed by atoms with Gasteiger partial charge in [0.25, 0.3) is 0 Å². The molecule has 4 N–H and O–H groups in total. The minimum absolute atomic E-state index is 0.00159. The van der Waals surface area contributed by atoms with Gasteiger partial charge in [-0.1, -0.05) is 35.9 Å². The molecule has 0 saturated heterocycles. The van der Waals surface area contributed by atoms with E-state index in [1.165, 1.54) is 4.90 Å². The van der Waals surface area contributed by atoms with Crippen LogP contribution in [0.15, 0.2) is 59.0 Å². The van der Waals surface area contributed by atoms with Crippen LogP contribution in [-0.2, 0) is 43.7 Å². The van der Waals surface area contributed by atoms with E-state index in [4.69, 9.17) is 15.9 Å². The Morgan fingerprint density at radius 2 is 1.98 bits per heavy atom. The van der Waals surface area contributed by atoms with Crippen LogP contribution in [-0.4, -0.2) is 74.8 Å². The molecule has 214 valence electrons. The average molecular weight is 568 g/mol. The number of amides is 1. The topological polar surface area (TPSA) is 146 Å². The van der Waals surface area contributed by atoms with Crippen LogP contribution in [0.5, 0.6) is 0 Å². The van der Waals surface area contributed by atoms with Gasteiger partial charge in [0.05, 0.1) is 11.5 Å². The first-order valence-corrected chi connectivity index (χ1v) is 14.9. The number of esters is 1. The summed E-state index contributed by atoms with van der Waals surface area (Å²) in [6.45, 7) is 5.45. The van der Waals surface area contributed by atoms with Crippen molar-refractivity contribution in [1.29, 1.82) is 5.41 Å². The van der Waals surface area contributed by atoms with E-state index in [-0.39, 0.29) is 30.3 Å². The minimum Gasteiger partial charge on any atom is -0.464 e. The van der Waals surface area contributed by atoms with E-state index < -0.39 is 34.0 Å². The highest BCUT2D eigenvalue weighted by Gasteiger charge is 2.38. The number of nitrogens with zero attached hydrogens (tertiary/aromatic N) is 2. The lowest BCUT2D eigenvalue weighted by molar-refractivity contribution is -0.155. The van der Waals surface area contributed by atoms with Crippen molar-refractivity contribution in [3.63, 3.8) is 0 Å². The Morgan fingerprint density at radius 3 is 2.70 bits per heavy atom. The highest BCUT2D eigenvalue weighted by atomic mass is 32.2. The lowest BCUT2D eigenvalue weighted by atomic mass is 9.98. The number of fused-ring (bicyclic) bond motifs is 1. The number of nitrogen functional groups attached to an aromatic ring is 1. The van der Waals surface area contributed by atoms with Crippen LogP contribution in [0.3, 0.4) is 0 Å². The van der Waals surface area contributed by atoms with E-state index in [1.807, 2.05) is 26.1 Å². The van der Waals surface area contributed by atoms with Gasteiger partial charge in [0.1, 0.15) is 17.9 Å². The van der Waals surface area contributed by atoms with Crippen molar-refractivity contribution in [1.82, 2.24) is 14.5 Å². The molecule has 4 rings (SSSR count). The number of hydrogen-bond acceptors (Lipinski definition) is 7. The van der Waals surface area contributed by atoms with Crippen molar-refractivity contribution in [3.05, 3.63) is 76.4 Å². The first-order chi connectivity index (χ1) is 19.0. The number of benzene rings is 2. The van der Waals surface area contributed by atoms with Crippen LogP contribution >= 0.6 is 0 Å². The van der Waals surface area contributed by atoms with Crippen LogP contribution in [0, 0.1) is 5.41 Å². The van der Waals surface area contributed by atoms with Gasteiger partial charge in [-0.05, 0) is 75.0 Å². The van der Waals surface area contributed by atoms with Gasteiger partial charge in [0, 0.05) is 25.2 Å². The largest absolute Gasteiger partial charge is 0.464 e. The Kier molecular flexibility index (Phi) is 9.07. The van der Waals surface area contributed by atoms with Crippen molar-refractivity contribution in [2.75, 3.05) is 26.7 Å². The Balaban J connectivity index is 1.69. The SMILES string of the molecule is CCOC(=O)[C@@H]1CC(C)=CCN1C(=O)[C@H](Cc1cccc(C(=N)N)c1)NS(=O)(=O)c1ccc2c(c1)CN(C)CC2. The van der Waals surface area contributed by atoms with Gasteiger partial charge in [-0.15, -0.1) is 0 Å². The van der Waals surface area contributed by atoms with Crippen molar-refractivity contribution in [2.45, 2.75) is 56.6 Å². The van der Waals surface area contributed by atoms with Gasteiger partial charge in [0.15, 0.2) is 0 Å². The maximum absolute atomic E-state index is 14.0. The highest BCUT2D eigenvalue weighted by molar-refractivity contribution is 7.89. The first-order valence-electron chi connectivity index (χ1n) is 13.4. The number of carbonyl (C=O) groups is 2. The second-order valence-electron chi connectivity index (χ2n) is 10.4. The quantitative estimate of drug-likeness (QED) is 0.182. The summed E-state index contributed by atoms with van der Waals surface area (Å²) in [5.41, 5.74) is 9.75. The van der Waals surface area contributed by atoms with Crippen LogP contribution in [0.25, 0.3) is 0 Å². The third-order valence-corrected chi connectivity index (χ3v) is 8.80. The van der Waals surface area contributed by atoms with Crippen molar-refractivity contribution in [3.8, 4) is 0 Å². The molecule has 0 aliphatic carbocycles. The number of ether oxygens (including phenoxy) is 1.